The van der Waals surface area contributed by atoms with Crippen LogP contribution in [0.25, 0.3) is 0 Å². The lowest BCUT2D eigenvalue weighted by Gasteiger charge is -2.19. The Morgan fingerprint density at radius 3 is 2.14 bits per heavy atom. The standard InChI is InChI=1S/C19H23N3O5S/c1-19(2,3)27-18(24)22-15-7-5-6-13(12-15)17(23)21-14-8-10-16(11-9-14)28(25,26)20-4/h5-12,20H,1-4H3,(H,21,23)(H,22,24). The Morgan fingerprint density at radius 2 is 1.57 bits per heavy atom. The predicted octanol–water partition coefficient (Wildman–Crippen LogP) is 3.19. The van der Waals surface area contributed by atoms with E-state index in [1.165, 1.54) is 37.4 Å². The highest BCUT2D eigenvalue weighted by Crippen LogP contribution is 2.17. The number of carbonyl (C=O) groups is 2. The second-order valence-electron chi connectivity index (χ2n) is 6.89. The lowest BCUT2D eigenvalue weighted by atomic mass is 10.2. The number of sulfonamides is 1. The molecule has 28 heavy (non-hydrogen) atoms. The maximum Gasteiger partial charge on any atom is 0.412 e. The van der Waals surface area contributed by atoms with Crippen LogP contribution < -0.4 is 15.4 Å². The Morgan fingerprint density at radius 1 is 0.929 bits per heavy atom. The number of ether oxygens (including phenoxy) is 1. The molecule has 2 amide bonds. The van der Waals surface area contributed by atoms with Crippen molar-refractivity contribution in [2.75, 3.05) is 17.7 Å². The maximum absolute atomic E-state index is 12.4. The van der Waals surface area contributed by atoms with Crippen molar-refractivity contribution < 1.29 is 22.7 Å². The molecule has 0 saturated carbocycles. The minimum atomic E-state index is -3.54. The van der Waals surface area contributed by atoms with Crippen molar-refractivity contribution in [2.24, 2.45) is 0 Å². The van der Waals surface area contributed by atoms with Gasteiger partial charge in [0.15, 0.2) is 0 Å². The molecule has 0 saturated heterocycles. The number of nitrogens with one attached hydrogen (secondary N) is 3. The largest absolute Gasteiger partial charge is 0.444 e. The first-order chi connectivity index (χ1) is 13.0. The van der Waals surface area contributed by atoms with Gasteiger partial charge in [-0.25, -0.2) is 17.9 Å². The minimum Gasteiger partial charge on any atom is -0.444 e. The molecular weight excluding hydrogens is 382 g/mol. The number of hydrogen-bond acceptors (Lipinski definition) is 5. The molecule has 0 unspecified atom stereocenters. The maximum atomic E-state index is 12.4. The predicted molar refractivity (Wildman–Crippen MR) is 107 cm³/mol. The van der Waals surface area contributed by atoms with Gasteiger partial charge in [0.05, 0.1) is 4.90 Å². The van der Waals surface area contributed by atoms with Crippen molar-refractivity contribution in [3.8, 4) is 0 Å². The van der Waals surface area contributed by atoms with E-state index in [9.17, 15) is 18.0 Å². The molecule has 0 radical (unpaired) electrons. The molecule has 3 N–H and O–H groups in total. The first-order valence-corrected chi connectivity index (χ1v) is 9.93. The second-order valence-corrected chi connectivity index (χ2v) is 8.78. The van der Waals surface area contributed by atoms with Crippen LogP contribution in [-0.4, -0.2) is 33.1 Å². The van der Waals surface area contributed by atoms with Gasteiger partial charge in [-0.1, -0.05) is 6.07 Å². The van der Waals surface area contributed by atoms with E-state index in [0.717, 1.165) is 0 Å². The summed E-state index contributed by atoms with van der Waals surface area (Å²) in [5.41, 5.74) is 0.537. The highest BCUT2D eigenvalue weighted by atomic mass is 32.2. The van der Waals surface area contributed by atoms with Crippen LogP contribution in [0, 0.1) is 0 Å². The van der Waals surface area contributed by atoms with Crippen molar-refractivity contribution in [2.45, 2.75) is 31.3 Å². The van der Waals surface area contributed by atoms with Gasteiger partial charge in [-0.3, -0.25) is 10.1 Å². The number of rotatable bonds is 5. The van der Waals surface area contributed by atoms with Crippen LogP contribution >= 0.6 is 0 Å². The van der Waals surface area contributed by atoms with Gasteiger partial charge in [-0.05, 0) is 70.3 Å². The molecule has 0 fully saturated rings. The Balaban J connectivity index is 2.08. The topological polar surface area (TPSA) is 114 Å². The number of benzene rings is 2. The molecule has 2 rings (SSSR count). The Bertz CT molecular complexity index is 964. The average Bonchev–Trinajstić information content (AvgIpc) is 2.60. The first-order valence-electron chi connectivity index (χ1n) is 8.45. The van der Waals surface area contributed by atoms with Crippen LogP contribution in [0.5, 0.6) is 0 Å². The third-order valence-corrected chi connectivity index (χ3v) is 4.89. The molecular formula is C19H23N3O5S. The Kier molecular flexibility index (Phi) is 6.42. The molecule has 0 aromatic heterocycles. The normalized spacial score (nSPS) is 11.6. The Hall–Kier alpha value is -2.91. The van der Waals surface area contributed by atoms with Crippen molar-refractivity contribution in [1.82, 2.24) is 4.72 Å². The van der Waals surface area contributed by atoms with Gasteiger partial charge in [-0.15, -0.1) is 0 Å². The number of hydrogen-bond donors (Lipinski definition) is 3. The molecule has 2 aromatic rings. The zero-order chi connectivity index (χ0) is 20.9. The summed E-state index contributed by atoms with van der Waals surface area (Å²) in [7, 11) is -2.22. The summed E-state index contributed by atoms with van der Waals surface area (Å²) < 4.78 is 30.9. The third kappa shape index (κ3) is 6.07. The van der Waals surface area contributed by atoms with E-state index in [2.05, 4.69) is 15.4 Å². The molecule has 0 bridgehead atoms. The number of carbonyl (C=O) groups excluding carboxylic acids is 2. The highest BCUT2D eigenvalue weighted by molar-refractivity contribution is 7.89. The molecule has 0 aliphatic carbocycles. The molecule has 9 heteroatoms. The summed E-state index contributed by atoms with van der Waals surface area (Å²) in [4.78, 5) is 24.4. The van der Waals surface area contributed by atoms with Crippen molar-refractivity contribution in [3.63, 3.8) is 0 Å². The van der Waals surface area contributed by atoms with Crippen LogP contribution in [-0.2, 0) is 14.8 Å². The molecule has 0 aliphatic heterocycles. The van der Waals surface area contributed by atoms with Crippen molar-refractivity contribution >= 4 is 33.4 Å². The molecule has 0 heterocycles. The van der Waals surface area contributed by atoms with E-state index >= 15 is 0 Å². The van der Waals surface area contributed by atoms with Crippen molar-refractivity contribution in [3.05, 3.63) is 54.1 Å². The van der Waals surface area contributed by atoms with Gasteiger partial charge in [-0.2, -0.15) is 0 Å². The first kappa shape index (κ1) is 21.4. The van der Waals surface area contributed by atoms with Gasteiger partial charge in [0.25, 0.3) is 5.91 Å². The fraction of sp³-hybridized carbons (Fsp3) is 0.263. The van der Waals surface area contributed by atoms with E-state index in [1.807, 2.05) is 0 Å². The fourth-order valence-corrected chi connectivity index (χ4v) is 2.93. The van der Waals surface area contributed by atoms with Gasteiger partial charge in [0.1, 0.15) is 5.60 Å². The summed E-state index contributed by atoms with van der Waals surface area (Å²) in [6.07, 6.45) is -0.619. The molecule has 0 atom stereocenters. The molecule has 0 aliphatic rings. The lowest BCUT2D eigenvalue weighted by Crippen LogP contribution is -2.27. The van der Waals surface area contributed by atoms with E-state index in [-0.39, 0.29) is 4.90 Å². The zero-order valence-electron chi connectivity index (χ0n) is 16.1. The van der Waals surface area contributed by atoms with Crippen LogP contribution in [0.15, 0.2) is 53.4 Å². The summed E-state index contributed by atoms with van der Waals surface area (Å²) in [5.74, 6) is -0.405. The SMILES string of the molecule is CNS(=O)(=O)c1ccc(NC(=O)c2cccc(NC(=O)OC(C)(C)C)c2)cc1. The van der Waals surface area contributed by atoms with Crippen molar-refractivity contribution in [1.29, 1.82) is 0 Å². The zero-order valence-corrected chi connectivity index (χ0v) is 16.9. The quantitative estimate of drug-likeness (QED) is 0.707. The number of amides is 2. The van der Waals surface area contributed by atoms with Gasteiger partial charge in [0, 0.05) is 16.9 Å². The molecule has 0 spiro atoms. The summed E-state index contributed by atoms with van der Waals surface area (Å²) in [6.45, 7) is 5.26. The van der Waals surface area contributed by atoms with Gasteiger partial charge < -0.3 is 10.1 Å². The van der Waals surface area contributed by atoms with E-state index in [4.69, 9.17) is 4.74 Å². The van der Waals surface area contributed by atoms with Gasteiger partial charge >= 0.3 is 6.09 Å². The lowest BCUT2D eigenvalue weighted by molar-refractivity contribution is 0.0635. The van der Waals surface area contributed by atoms with Crippen LogP contribution in [0.4, 0.5) is 16.2 Å². The van der Waals surface area contributed by atoms with E-state index in [1.54, 1.807) is 39.0 Å². The van der Waals surface area contributed by atoms with E-state index in [0.29, 0.717) is 16.9 Å². The van der Waals surface area contributed by atoms with Crippen LogP contribution in [0.2, 0.25) is 0 Å². The fourth-order valence-electron chi connectivity index (χ4n) is 2.20. The smallest absolute Gasteiger partial charge is 0.412 e. The second kappa shape index (κ2) is 8.41. The third-order valence-electron chi connectivity index (χ3n) is 3.46. The van der Waals surface area contributed by atoms with Crippen LogP contribution in [0.3, 0.4) is 0 Å². The number of anilines is 2. The Labute approximate surface area is 164 Å². The summed E-state index contributed by atoms with van der Waals surface area (Å²) in [5, 5.41) is 5.25. The molecule has 150 valence electrons. The summed E-state index contributed by atoms with van der Waals surface area (Å²) in [6, 6.07) is 12.1. The van der Waals surface area contributed by atoms with Crippen LogP contribution in [0.1, 0.15) is 31.1 Å². The van der Waals surface area contributed by atoms with E-state index < -0.39 is 27.6 Å². The molecule has 8 nitrogen and oxygen atoms in total. The molecule has 2 aromatic carbocycles. The minimum absolute atomic E-state index is 0.0940. The van der Waals surface area contributed by atoms with Gasteiger partial charge in [0.2, 0.25) is 10.0 Å². The monoisotopic (exact) mass is 405 g/mol. The highest BCUT2D eigenvalue weighted by Gasteiger charge is 2.17. The summed E-state index contributed by atoms with van der Waals surface area (Å²) >= 11 is 0. The average molecular weight is 405 g/mol.